The minimum atomic E-state index is -0.658. The molecule has 2 heterocycles. The van der Waals surface area contributed by atoms with E-state index in [0.717, 1.165) is 43.0 Å². The molecule has 0 spiro atoms. The first-order valence-corrected chi connectivity index (χ1v) is 14.7. The molecule has 3 aromatic carbocycles. The highest BCUT2D eigenvalue weighted by atomic mass is 16.6. The summed E-state index contributed by atoms with van der Waals surface area (Å²) in [5, 5.41) is 3.30. The molecule has 236 valence electrons. The van der Waals surface area contributed by atoms with Crippen LogP contribution in [0.15, 0.2) is 60.7 Å². The number of nitrogens with one attached hydrogen (secondary N) is 1. The highest BCUT2D eigenvalue weighted by molar-refractivity contribution is 5.98. The third-order valence-corrected chi connectivity index (χ3v) is 7.78. The van der Waals surface area contributed by atoms with Crippen LogP contribution in [-0.2, 0) is 0 Å². The second-order valence-corrected chi connectivity index (χ2v) is 11.0. The van der Waals surface area contributed by atoms with Gasteiger partial charge in [-0.25, -0.2) is 14.7 Å². The van der Waals surface area contributed by atoms with Crippen molar-refractivity contribution < 1.29 is 23.7 Å². The molecular formula is C34H40N6O5. The molecule has 1 aliphatic heterocycles. The second-order valence-electron chi connectivity index (χ2n) is 11.0. The van der Waals surface area contributed by atoms with Gasteiger partial charge in [0.15, 0.2) is 0 Å². The number of likely N-dealkylation sites (N-methyl/N-ethyl adjacent to an activating group) is 1. The molecule has 1 N–H and O–H groups in total. The topological polar surface area (TPSA) is 102 Å². The molecule has 0 radical (unpaired) electrons. The zero-order valence-corrected chi connectivity index (χ0v) is 26.9. The molecule has 1 aliphatic rings. The summed E-state index contributed by atoms with van der Waals surface area (Å²) in [4.78, 5) is 29.5. The average molecular weight is 613 g/mol. The maximum absolute atomic E-state index is 14.0. The van der Waals surface area contributed by atoms with Crippen LogP contribution in [0.2, 0.25) is 0 Å². The van der Waals surface area contributed by atoms with Gasteiger partial charge in [0.05, 0.1) is 32.7 Å². The fourth-order valence-electron chi connectivity index (χ4n) is 5.27. The number of para-hydroxylation sites is 1. The van der Waals surface area contributed by atoms with Gasteiger partial charge in [0, 0.05) is 55.8 Å². The maximum atomic E-state index is 14.0. The number of aryl methyl sites for hydroxylation is 3. The number of methoxy groups -OCH3 is 3. The predicted octanol–water partition coefficient (Wildman–Crippen LogP) is 6.26. The standard InChI is InChI=1S/C34H40N6O5/c1-22-9-8-10-23(2)32(22)45-34(41)40(28-14-12-26(42-5)21-30(28)44-7)31-19-24(3)35-33(37-31)36-27-13-11-25(20-29(27)43-6)39-17-15-38(4)16-18-39/h8-14,19-21H,15-18H2,1-7H3,(H,35,36,37). The van der Waals surface area contributed by atoms with Gasteiger partial charge < -0.3 is 34.1 Å². The lowest BCUT2D eigenvalue weighted by Gasteiger charge is -2.34. The summed E-state index contributed by atoms with van der Waals surface area (Å²) in [5.74, 6) is 2.69. The summed E-state index contributed by atoms with van der Waals surface area (Å²) >= 11 is 0. The van der Waals surface area contributed by atoms with Crippen molar-refractivity contribution in [2.24, 2.45) is 0 Å². The Balaban J connectivity index is 1.52. The Morgan fingerprint density at radius 2 is 1.53 bits per heavy atom. The summed E-state index contributed by atoms with van der Waals surface area (Å²) in [5.41, 5.74) is 4.50. The Hall–Kier alpha value is -5.03. The quantitative estimate of drug-likeness (QED) is 0.233. The van der Waals surface area contributed by atoms with Crippen molar-refractivity contribution in [3.63, 3.8) is 0 Å². The monoisotopic (exact) mass is 612 g/mol. The molecule has 11 nitrogen and oxygen atoms in total. The lowest BCUT2D eigenvalue weighted by molar-refractivity contribution is 0.209. The number of ether oxygens (including phenoxy) is 4. The van der Waals surface area contributed by atoms with Gasteiger partial charge in [-0.3, -0.25) is 0 Å². The molecule has 0 atom stereocenters. The van der Waals surface area contributed by atoms with Gasteiger partial charge in [-0.05, 0) is 63.2 Å². The normalized spacial score (nSPS) is 13.3. The van der Waals surface area contributed by atoms with Gasteiger partial charge >= 0.3 is 6.09 Å². The lowest BCUT2D eigenvalue weighted by atomic mass is 10.1. The zero-order chi connectivity index (χ0) is 32.1. The highest BCUT2D eigenvalue weighted by Gasteiger charge is 2.27. The Labute approximate surface area is 264 Å². The first-order chi connectivity index (χ1) is 21.7. The van der Waals surface area contributed by atoms with Crippen LogP contribution in [-0.4, -0.2) is 75.5 Å². The van der Waals surface area contributed by atoms with E-state index >= 15 is 0 Å². The third kappa shape index (κ3) is 7.04. The number of benzene rings is 3. The molecule has 0 saturated carbocycles. The van der Waals surface area contributed by atoms with E-state index in [1.54, 1.807) is 38.5 Å². The Bertz CT molecular complexity index is 1650. The first kappa shape index (κ1) is 31.4. The van der Waals surface area contributed by atoms with Crippen LogP contribution in [0.1, 0.15) is 16.8 Å². The molecule has 45 heavy (non-hydrogen) atoms. The number of carbonyl (C=O) groups excluding carboxylic acids is 1. The SMILES string of the molecule is COc1ccc(N(C(=O)Oc2c(C)cccc2C)c2cc(C)nc(Nc3ccc(N4CCN(C)CC4)cc3OC)n2)c(OC)c1. The fourth-order valence-corrected chi connectivity index (χ4v) is 5.27. The van der Waals surface area contributed by atoms with Crippen LogP contribution in [0, 0.1) is 20.8 Å². The minimum Gasteiger partial charge on any atom is -0.497 e. The van der Waals surface area contributed by atoms with E-state index in [4.69, 9.17) is 23.9 Å². The summed E-state index contributed by atoms with van der Waals surface area (Å²) in [7, 11) is 6.87. The molecule has 1 amide bonds. The van der Waals surface area contributed by atoms with Crippen molar-refractivity contribution in [2.75, 3.05) is 69.7 Å². The molecular weight excluding hydrogens is 572 g/mol. The van der Waals surface area contributed by atoms with E-state index in [-0.39, 0.29) is 11.8 Å². The van der Waals surface area contributed by atoms with Crippen molar-refractivity contribution in [1.82, 2.24) is 14.9 Å². The van der Waals surface area contributed by atoms with Gasteiger partial charge in [-0.1, -0.05) is 18.2 Å². The summed E-state index contributed by atoms with van der Waals surface area (Å²) in [6.45, 7) is 9.52. The van der Waals surface area contributed by atoms with Crippen molar-refractivity contribution in [3.8, 4) is 23.0 Å². The number of carbonyl (C=O) groups is 1. The van der Waals surface area contributed by atoms with Crippen molar-refractivity contribution >= 4 is 34.9 Å². The van der Waals surface area contributed by atoms with Crippen LogP contribution in [0.25, 0.3) is 0 Å². The number of hydrogen-bond donors (Lipinski definition) is 1. The number of aromatic nitrogens is 2. The summed E-state index contributed by atoms with van der Waals surface area (Å²) < 4.78 is 22.8. The van der Waals surface area contributed by atoms with Gasteiger partial charge in [-0.15, -0.1) is 0 Å². The van der Waals surface area contributed by atoms with Gasteiger partial charge in [0.25, 0.3) is 0 Å². The Kier molecular flexibility index (Phi) is 9.58. The molecule has 0 bridgehead atoms. The Morgan fingerprint density at radius 3 is 2.20 bits per heavy atom. The number of piperazine rings is 1. The van der Waals surface area contributed by atoms with Gasteiger partial charge in [-0.2, -0.15) is 4.98 Å². The smallest absolute Gasteiger partial charge is 0.425 e. The molecule has 0 unspecified atom stereocenters. The van der Waals surface area contributed by atoms with E-state index in [1.807, 2.05) is 51.1 Å². The van der Waals surface area contributed by atoms with Crippen molar-refractivity contribution in [2.45, 2.75) is 20.8 Å². The molecule has 4 aromatic rings. The maximum Gasteiger partial charge on any atom is 0.425 e. The fraction of sp³-hybridized carbons (Fsp3) is 0.324. The van der Waals surface area contributed by atoms with E-state index < -0.39 is 6.09 Å². The highest BCUT2D eigenvalue weighted by Crippen LogP contribution is 2.38. The van der Waals surface area contributed by atoms with E-state index in [2.05, 4.69) is 33.2 Å². The van der Waals surface area contributed by atoms with Crippen LogP contribution >= 0.6 is 0 Å². The molecule has 1 fully saturated rings. The van der Waals surface area contributed by atoms with Crippen LogP contribution in [0.3, 0.4) is 0 Å². The second kappa shape index (κ2) is 13.7. The zero-order valence-electron chi connectivity index (χ0n) is 26.9. The van der Waals surface area contributed by atoms with E-state index in [0.29, 0.717) is 40.1 Å². The number of nitrogens with zero attached hydrogens (tertiary/aromatic N) is 5. The predicted molar refractivity (Wildman–Crippen MR) is 176 cm³/mol. The first-order valence-electron chi connectivity index (χ1n) is 14.7. The van der Waals surface area contributed by atoms with Crippen LogP contribution in [0.5, 0.6) is 23.0 Å². The Morgan fingerprint density at radius 1 is 0.822 bits per heavy atom. The molecule has 0 aliphatic carbocycles. The largest absolute Gasteiger partial charge is 0.497 e. The third-order valence-electron chi connectivity index (χ3n) is 7.78. The molecule has 11 heteroatoms. The molecule has 1 aromatic heterocycles. The summed E-state index contributed by atoms with van der Waals surface area (Å²) in [6, 6.07) is 18.6. The van der Waals surface area contributed by atoms with Crippen molar-refractivity contribution in [3.05, 3.63) is 77.5 Å². The summed E-state index contributed by atoms with van der Waals surface area (Å²) in [6.07, 6.45) is -0.658. The van der Waals surface area contributed by atoms with Crippen LogP contribution in [0.4, 0.5) is 33.6 Å². The van der Waals surface area contributed by atoms with Gasteiger partial charge in [0.2, 0.25) is 5.95 Å². The number of anilines is 5. The lowest BCUT2D eigenvalue weighted by Crippen LogP contribution is -2.44. The molecule has 5 rings (SSSR count). The van der Waals surface area contributed by atoms with Crippen LogP contribution < -0.4 is 34.1 Å². The van der Waals surface area contributed by atoms with Crippen molar-refractivity contribution in [1.29, 1.82) is 0 Å². The number of hydrogen-bond acceptors (Lipinski definition) is 10. The average Bonchev–Trinajstić information content (AvgIpc) is 3.03. The van der Waals surface area contributed by atoms with Gasteiger partial charge in [0.1, 0.15) is 28.8 Å². The molecule has 1 saturated heterocycles. The number of rotatable bonds is 9. The number of amides is 1. The van der Waals surface area contributed by atoms with E-state index in [9.17, 15) is 4.79 Å². The minimum absolute atomic E-state index is 0.285. The van der Waals surface area contributed by atoms with E-state index in [1.165, 1.54) is 12.0 Å².